The van der Waals surface area contributed by atoms with Gasteiger partial charge in [-0.25, -0.2) is 4.79 Å². The summed E-state index contributed by atoms with van der Waals surface area (Å²) in [5.41, 5.74) is 0.0324. The molecule has 2 rings (SSSR count). The zero-order valence-electron chi connectivity index (χ0n) is 15.0. The zero-order chi connectivity index (χ0) is 20.9. The molecule has 0 fully saturated rings. The lowest BCUT2D eigenvalue weighted by Crippen LogP contribution is -2.25. The van der Waals surface area contributed by atoms with Crippen LogP contribution in [0.15, 0.2) is 36.4 Å². The first-order valence-electron chi connectivity index (χ1n) is 8.09. The maximum atomic E-state index is 12.9. The van der Waals surface area contributed by atoms with E-state index >= 15 is 0 Å². The number of amides is 1. The van der Waals surface area contributed by atoms with E-state index in [1.165, 1.54) is 12.1 Å². The van der Waals surface area contributed by atoms with Crippen molar-refractivity contribution in [2.24, 2.45) is 0 Å². The van der Waals surface area contributed by atoms with Crippen molar-refractivity contribution in [1.29, 1.82) is 0 Å². The van der Waals surface area contributed by atoms with E-state index in [4.69, 9.17) is 21.1 Å². The Labute approximate surface area is 164 Å². The highest BCUT2D eigenvalue weighted by Crippen LogP contribution is 2.34. The molecule has 0 saturated heterocycles. The third-order valence-electron chi connectivity index (χ3n) is 3.63. The number of halogens is 4. The largest absolute Gasteiger partial charge is 0.481 e. The first-order valence-corrected chi connectivity index (χ1v) is 8.47. The maximum absolute atomic E-state index is 12.9. The summed E-state index contributed by atoms with van der Waals surface area (Å²) < 4.78 is 48.8. The molecule has 5 nitrogen and oxygen atoms in total. The van der Waals surface area contributed by atoms with E-state index in [-0.39, 0.29) is 0 Å². The fraction of sp³-hybridized carbons (Fsp3) is 0.263. The van der Waals surface area contributed by atoms with E-state index in [2.05, 4.69) is 5.32 Å². The van der Waals surface area contributed by atoms with Crippen LogP contribution in [0.3, 0.4) is 0 Å². The molecule has 9 heteroatoms. The Hall–Kier alpha value is -2.74. The van der Waals surface area contributed by atoms with Crippen LogP contribution in [0.2, 0.25) is 5.02 Å². The summed E-state index contributed by atoms with van der Waals surface area (Å²) in [4.78, 5) is 23.6. The molecular formula is C19H17ClF3NO4. The summed E-state index contributed by atoms with van der Waals surface area (Å²) in [5.74, 6) is -1.28. The lowest BCUT2D eigenvalue weighted by Gasteiger charge is -2.14. The highest BCUT2D eigenvalue weighted by molar-refractivity contribution is 6.30. The average molecular weight is 416 g/mol. The van der Waals surface area contributed by atoms with Gasteiger partial charge in [0.1, 0.15) is 5.75 Å². The third-order valence-corrected chi connectivity index (χ3v) is 3.85. The summed E-state index contributed by atoms with van der Waals surface area (Å²) in [6.45, 7) is 2.30. The molecule has 150 valence electrons. The molecule has 28 heavy (non-hydrogen) atoms. The number of ether oxygens (including phenoxy) is 2. The van der Waals surface area contributed by atoms with E-state index < -0.39 is 42.5 Å². The zero-order valence-corrected chi connectivity index (χ0v) is 15.8. The monoisotopic (exact) mass is 415 g/mol. The fourth-order valence-electron chi connectivity index (χ4n) is 2.47. The van der Waals surface area contributed by atoms with Crippen LogP contribution in [-0.2, 0) is 20.5 Å². The lowest BCUT2D eigenvalue weighted by atomic mass is 10.1. The predicted molar refractivity (Wildman–Crippen MR) is 97.5 cm³/mol. The van der Waals surface area contributed by atoms with Crippen LogP contribution in [0.5, 0.6) is 5.75 Å². The van der Waals surface area contributed by atoms with Gasteiger partial charge in [0.15, 0.2) is 13.2 Å². The molecule has 0 heterocycles. The second-order valence-electron chi connectivity index (χ2n) is 5.91. The number of alkyl halides is 3. The lowest BCUT2D eigenvalue weighted by molar-refractivity contribution is -0.149. The molecular weight excluding hydrogens is 399 g/mol. The number of para-hydroxylation sites is 1. The summed E-state index contributed by atoms with van der Waals surface area (Å²) in [5, 5.41) is 2.61. The van der Waals surface area contributed by atoms with Gasteiger partial charge in [-0.1, -0.05) is 23.7 Å². The van der Waals surface area contributed by atoms with Crippen LogP contribution in [0.4, 0.5) is 18.9 Å². The van der Waals surface area contributed by atoms with Crippen molar-refractivity contribution < 1.29 is 32.2 Å². The molecule has 0 bridgehead atoms. The van der Waals surface area contributed by atoms with Gasteiger partial charge in [0.2, 0.25) is 0 Å². The number of carbonyl (C=O) groups is 2. The molecule has 1 N–H and O–H groups in total. The molecule has 0 unspecified atom stereocenters. The third kappa shape index (κ3) is 5.88. The summed E-state index contributed by atoms with van der Waals surface area (Å²) in [7, 11) is 0. The molecule has 0 atom stereocenters. The molecule has 2 aromatic rings. The van der Waals surface area contributed by atoms with Crippen molar-refractivity contribution in [3.8, 4) is 5.75 Å². The molecule has 0 radical (unpaired) electrons. The fourth-order valence-corrected chi connectivity index (χ4v) is 2.80. The second kappa shape index (κ2) is 8.97. The summed E-state index contributed by atoms with van der Waals surface area (Å²) in [6.07, 6.45) is -4.62. The number of benzene rings is 2. The van der Waals surface area contributed by atoms with Crippen molar-refractivity contribution in [2.75, 3.05) is 18.5 Å². The smallest absolute Gasteiger partial charge is 0.418 e. The number of rotatable bonds is 6. The van der Waals surface area contributed by atoms with Crippen LogP contribution < -0.4 is 10.1 Å². The Balaban J connectivity index is 1.88. The van der Waals surface area contributed by atoms with Crippen LogP contribution in [0, 0.1) is 13.8 Å². The number of anilines is 1. The minimum Gasteiger partial charge on any atom is -0.481 e. The van der Waals surface area contributed by atoms with E-state index in [0.29, 0.717) is 10.8 Å². The van der Waals surface area contributed by atoms with Crippen molar-refractivity contribution in [2.45, 2.75) is 20.0 Å². The van der Waals surface area contributed by atoms with Crippen molar-refractivity contribution in [1.82, 2.24) is 0 Å². The van der Waals surface area contributed by atoms with Crippen LogP contribution >= 0.6 is 11.6 Å². The topological polar surface area (TPSA) is 64.6 Å². The van der Waals surface area contributed by atoms with Crippen molar-refractivity contribution in [3.05, 3.63) is 58.1 Å². The van der Waals surface area contributed by atoms with E-state index in [1.807, 2.05) is 0 Å². The Bertz CT molecular complexity index is 861. The number of aryl methyl sites for hydroxylation is 2. The van der Waals surface area contributed by atoms with E-state index in [9.17, 15) is 22.8 Å². The number of esters is 1. The van der Waals surface area contributed by atoms with Crippen LogP contribution in [-0.4, -0.2) is 25.1 Å². The summed E-state index contributed by atoms with van der Waals surface area (Å²) in [6, 6.07) is 7.84. The van der Waals surface area contributed by atoms with E-state index in [0.717, 1.165) is 23.3 Å². The molecule has 1 amide bonds. The van der Waals surface area contributed by atoms with Gasteiger partial charge in [-0.2, -0.15) is 13.2 Å². The maximum Gasteiger partial charge on any atom is 0.418 e. The quantitative estimate of drug-likeness (QED) is 0.704. The molecule has 0 aliphatic heterocycles. The number of hydrogen-bond donors (Lipinski definition) is 1. The number of carbonyl (C=O) groups excluding carboxylic acids is 2. The van der Waals surface area contributed by atoms with Crippen LogP contribution in [0.1, 0.15) is 16.7 Å². The van der Waals surface area contributed by atoms with Gasteiger partial charge in [-0.15, -0.1) is 0 Å². The number of hydrogen-bond acceptors (Lipinski definition) is 4. The van der Waals surface area contributed by atoms with Gasteiger partial charge < -0.3 is 14.8 Å². The Morgan fingerprint density at radius 1 is 1.07 bits per heavy atom. The Morgan fingerprint density at radius 3 is 2.29 bits per heavy atom. The standard InChI is InChI=1S/C19H17ClF3NO4/c1-11-7-13(20)8-12(2)18(11)28-10-17(26)27-9-16(25)24-15-6-4-3-5-14(15)19(21,22)23/h3-8H,9-10H2,1-2H3,(H,24,25). The van der Waals surface area contributed by atoms with E-state index in [1.54, 1.807) is 26.0 Å². The second-order valence-corrected chi connectivity index (χ2v) is 6.35. The summed E-state index contributed by atoms with van der Waals surface area (Å²) >= 11 is 5.91. The first kappa shape index (κ1) is 21.6. The van der Waals surface area contributed by atoms with Gasteiger partial charge >= 0.3 is 12.1 Å². The molecule has 0 spiro atoms. The first-order chi connectivity index (χ1) is 13.1. The molecule has 0 aromatic heterocycles. The highest BCUT2D eigenvalue weighted by atomic mass is 35.5. The average Bonchev–Trinajstić information content (AvgIpc) is 2.58. The van der Waals surface area contributed by atoms with Crippen molar-refractivity contribution >= 4 is 29.2 Å². The highest BCUT2D eigenvalue weighted by Gasteiger charge is 2.33. The van der Waals surface area contributed by atoms with Gasteiger partial charge in [-0.05, 0) is 49.2 Å². The van der Waals surface area contributed by atoms with Gasteiger partial charge in [0, 0.05) is 5.02 Å². The van der Waals surface area contributed by atoms with Crippen LogP contribution in [0.25, 0.3) is 0 Å². The number of nitrogens with one attached hydrogen (secondary N) is 1. The SMILES string of the molecule is Cc1cc(Cl)cc(C)c1OCC(=O)OCC(=O)Nc1ccccc1C(F)(F)F. The van der Waals surface area contributed by atoms with Crippen molar-refractivity contribution in [3.63, 3.8) is 0 Å². The van der Waals surface area contributed by atoms with Gasteiger partial charge in [0.25, 0.3) is 5.91 Å². The molecule has 0 aliphatic carbocycles. The molecule has 2 aromatic carbocycles. The minimum absolute atomic E-state index is 0.417. The normalized spacial score (nSPS) is 11.1. The molecule has 0 aliphatic rings. The van der Waals surface area contributed by atoms with Gasteiger partial charge in [-0.3, -0.25) is 4.79 Å². The van der Waals surface area contributed by atoms with Gasteiger partial charge in [0.05, 0.1) is 11.3 Å². The minimum atomic E-state index is -4.62. The predicted octanol–water partition coefficient (Wildman–Crippen LogP) is 4.54. The molecule has 0 saturated carbocycles. The Morgan fingerprint density at radius 2 is 1.68 bits per heavy atom. The Kier molecular flexibility index (Phi) is 6.90.